The zero-order valence-electron chi connectivity index (χ0n) is 7.24. The fourth-order valence-electron chi connectivity index (χ4n) is 1.35. The molecule has 1 aromatic carbocycles. The van der Waals surface area contributed by atoms with Gasteiger partial charge in [0.25, 0.3) is 0 Å². The number of imidazole rings is 1. The van der Waals surface area contributed by atoms with E-state index in [1.54, 1.807) is 6.33 Å². The van der Waals surface area contributed by atoms with E-state index in [-0.39, 0.29) is 6.17 Å². The minimum absolute atomic E-state index is 0.0801. The molecule has 0 saturated carbocycles. The van der Waals surface area contributed by atoms with Crippen molar-refractivity contribution in [1.82, 2.24) is 9.55 Å². The number of aromatic nitrogens is 2. The van der Waals surface area contributed by atoms with Gasteiger partial charge in [-0.2, -0.15) is 0 Å². The highest BCUT2D eigenvalue weighted by atomic mass is 35.5. The fraction of sp³-hybridized carbons (Fsp3) is 0.222. The first-order valence-electron chi connectivity index (χ1n) is 4.07. The molecular formula is C9H10ClN3. The van der Waals surface area contributed by atoms with Gasteiger partial charge in [0, 0.05) is 0 Å². The van der Waals surface area contributed by atoms with Gasteiger partial charge in [-0.05, 0) is 19.1 Å². The van der Waals surface area contributed by atoms with Gasteiger partial charge in [0.15, 0.2) is 0 Å². The Hall–Kier alpha value is -1.06. The molecule has 2 N–H and O–H groups in total. The molecule has 0 bridgehead atoms. The molecule has 0 aliphatic rings. The van der Waals surface area contributed by atoms with Crippen molar-refractivity contribution in [3.63, 3.8) is 0 Å². The van der Waals surface area contributed by atoms with Crippen LogP contribution in [0, 0.1) is 0 Å². The number of hydrogen-bond donors (Lipinski definition) is 1. The van der Waals surface area contributed by atoms with Crippen molar-refractivity contribution in [3.8, 4) is 0 Å². The van der Waals surface area contributed by atoms with E-state index in [0.717, 1.165) is 11.0 Å². The van der Waals surface area contributed by atoms with Crippen LogP contribution in [0.5, 0.6) is 0 Å². The lowest BCUT2D eigenvalue weighted by atomic mass is 10.3. The van der Waals surface area contributed by atoms with Crippen LogP contribution in [0.4, 0.5) is 0 Å². The van der Waals surface area contributed by atoms with Crippen LogP contribution in [0.15, 0.2) is 24.5 Å². The predicted molar refractivity (Wildman–Crippen MR) is 53.6 cm³/mol. The first-order chi connectivity index (χ1) is 6.20. The monoisotopic (exact) mass is 195 g/mol. The SMILES string of the molecule is CC(N)n1cnc2c(Cl)cccc21. The molecule has 2 rings (SSSR count). The highest BCUT2D eigenvalue weighted by Crippen LogP contribution is 2.22. The summed E-state index contributed by atoms with van der Waals surface area (Å²) in [6.07, 6.45) is 1.63. The molecule has 0 saturated heterocycles. The van der Waals surface area contributed by atoms with Crippen molar-refractivity contribution in [3.05, 3.63) is 29.5 Å². The van der Waals surface area contributed by atoms with Gasteiger partial charge in [0.1, 0.15) is 5.52 Å². The number of benzene rings is 1. The summed E-state index contributed by atoms with van der Waals surface area (Å²) in [6, 6.07) is 5.67. The van der Waals surface area contributed by atoms with Crippen LogP contribution in [-0.2, 0) is 0 Å². The molecule has 0 aliphatic heterocycles. The smallest absolute Gasteiger partial charge is 0.107 e. The molecule has 0 aliphatic carbocycles. The summed E-state index contributed by atoms with van der Waals surface area (Å²) in [5.41, 5.74) is 7.54. The third-order valence-corrected chi connectivity index (χ3v) is 2.30. The maximum absolute atomic E-state index is 5.96. The van der Waals surface area contributed by atoms with Gasteiger partial charge in [0.2, 0.25) is 0 Å². The van der Waals surface area contributed by atoms with Crippen LogP contribution in [0.2, 0.25) is 5.02 Å². The van der Waals surface area contributed by atoms with Gasteiger partial charge in [-0.3, -0.25) is 0 Å². The van der Waals surface area contributed by atoms with E-state index >= 15 is 0 Å². The van der Waals surface area contributed by atoms with E-state index in [1.807, 2.05) is 29.7 Å². The minimum Gasteiger partial charge on any atom is -0.315 e. The van der Waals surface area contributed by atoms with Crippen molar-refractivity contribution in [2.24, 2.45) is 5.73 Å². The van der Waals surface area contributed by atoms with Gasteiger partial charge in [-0.1, -0.05) is 17.7 Å². The Morgan fingerprint density at radius 1 is 1.54 bits per heavy atom. The molecule has 0 amide bonds. The first-order valence-corrected chi connectivity index (χ1v) is 4.44. The number of rotatable bonds is 1. The van der Waals surface area contributed by atoms with Gasteiger partial charge >= 0.3 is 0 Å². The number of nitrogens with two attached hydrogens (primary N) is 1. The van der Waals surface area contributed by atoms with Crippen LogP contribution in [0.25, 0.3) is 11.0 Å². The van der Waals surface area contributed by atoms with Crippen molar-refractivity contribution >= 4 is 22.6 Å². The molecule has 1 heterocycles. The van der Waals surface area contributed by atoms with E-state index in [1.165, 1.54) is 0 Å². The number of fused-ring (bicyclic) bond motifs is 1. The Balaban J connectivity index is 2.75. The fourth-order valence-corrected chi connectivity index (χ4v) is 1.57. The molecule has 1 unspecified atom stereocenters. The third kappa shape index (κ3) is 1.30. The normalized spacial score (nSPS) is 13.5. The van der Waals surface area contributed by atoms with Crippen molar-refractivity contribution in [2.75, 3.05) is 0 Å². The van der Waals surface area contributed by atoms with E-state index < -0.39 is 0 Å². The van der Waals surface area contributed by atoms with Crippen molar-refractivity contribution in [1.29, 1.82) is 0 Å². The summed E-state index contributed by atoms with van der Waals surface area (Å²) in [5, 5.41) is 0.664. The standard InChI is InChI=1S/C9H10ClN3/c1-6(11)13-5-12-9-7(10)3-2-4-8(9)13/h2-6H,11H2,1H3. The average molecular weight is 196 g/mol. The summed E-state index contributed by atoms with van der Waals surface area (Å²) < 4.78 is 1.89. The number of hydrogen-bond acceptors (Lipinski definition) is 2. The molecule has 4 heteroatoms. The lowest BCUT2D eigenvalue weighted by molar-refractivity contribution is 0.588. The Kier molecular flexibility index (Phi) is 1.98. The molecule has 0 fully saturated rings. The topological polar surface area (TPSA) is 43.8 Å². The summed E-state index contributed by atoms with van der Waals surface area (Å²) in [6.45, 7) is 1.90. The molecule has 13 heavy (non-hydrogen) atoms. The second kappa shape index (κ2) is 3.01. The van der Waals surface area contributed by atoms with Crippen LogP contribution < -0.4 is 5.73 Å². The van der Waals surface area contributed by atoms with Crippen LogP contribution in [0.1, 0.15) is 13.1 Å². The summed E-state index contributed by atoms with van der Waals surface area (Å²) in [4.78, 5) is 4.19. The van der Waals surface area contributed by atoms with Gasteiger partial charge < -0.3 is 10.3 Å². The lowest BCUT2D eigenvalue weighted by Gasteiger charge is -2.07. The van der Waals surface area contributed by atoms with Crippen molar-refractivity contribution in [2.45, 2.75) is 13.1 Å². The molecule has 1 atom stereocenters. The highest BCUT2D eigenvalue weighted by molar-refractivity contribution is 6.34. The summed E-state index contributed by atoms with van der Waals surface area (Å²) in [7, 11) is 0. The molecule has 0 radical (unpaired) electrons. The van der Waals surface area contributed by atoms with Crippen LogP contribution in [0.3, 0.4) is 0 Å². The van der Waals surface area contributed by atoms with Gasteiger partial charge in [-0.15, -0.1) is 0 Å². The molecular weight excluding hydrogens is 186 g/mol. The Labute approximate surface area is 81.1 Å². The van der Waals surface area contributed by atoms with Crippen LogP contribution >= 0.6 is 11.6 Å². The second-order valence-corrected chi connectivity index (χ2v) is 3.41. The Morgan fingerprint density at radius 3 is 3.00 bits per heavy atom. The lowest BCUT2D eigenvalue weighted by Crippen LogP contribution is -2.12. The minimum atomic E-state index is -0.0801. The molecule has 2 aromatic rings. The molecule has 0 spiro atoms. The van der Waals surface area contributed by atoms with E-state index in [0.29, 0.717) is 5.02 Å². The average Bonchev–Trinajstić information content (AvgIpc) is 2.48. The van der Waals surface area contributed by atoms with Crippen LogP contribution in [-0.4, -0.2) is 9.55 Å². The number of nitrogens with zero attached hydrogens (tertiary/aromatic N) is 2. The maximum atomic E-state index is 5.96. The van der Waals surface area contributed by atoms with Gasteiger partial charge in [0.05, 0.1) is 23.0 Å². The second-order valence-electron chi connectivity index (χ2n) is 3.00. The molecule has 3 nitrogen and oxygen atoms in total. The predicted octanol–water partition coefficient (Wildman–Crippen LogP) is 2.17. The summed E-state index contributed by atoms with van der Waals surface area (Å²) in [5.74, 6) is 0. The quantitative estimate of drug-likeness (QED) is 0.758. The number of halogens is 1. The van der Waals surface area contributed by atoms with E-state index in [9.17, 15) is 0 Å². The highest BCUT2D eigenvalue weighted by Gasteiger charge is 2.06. The zero-order valence-corrected chi connectivity index (χ0v) is 7.99. The molecule has 1 aromatic heterocycles. The van der Waals surface area contributed by atoms with Crippen molar-refractivity contribution < 1.29 is 0 Å². The summed E-state index contributed by atoms with van der Waals surface area (Å²) >= 11 is 5.96. The Morgan fingerprint density at radius 2 is 2.31 bits per heavy atom. The van der Waals surface area contributed by atoms with E-state index in [4.69, 9.17) is 17.3 Å². The van der Waals surface area contributed by atoms with Gasteiger partial charge in [-0.25, -0.2) is 4.98 Å². The Bertz CT molecular complexity index is 433. The largest absolute Gasteiger partial charge is 0.315 e. The zero-order chi connectivity index (χ0) is 9.42. The van der Waals surface area contributed by atoms with E-state index in [2.05, 4.69) is 4.98 Å². The first kappa shape index (κ1) is 8.53. The third-order valence-electron chi connectivity index (χ3n) is 1.99. The number of para-hydroxylation sites is 1. The maximum Gasteiger partial charge on any atom is 0.107 e. The molecule has 68 valence electrons.